The molecular weight excluding hydrogens is 502 g/mol. The molecule has 0 aliphatic carbocycles. The highest BCUT2D eigenvalue weighted by Gasteiger charge is 2.28. The van der Waals surface area contributed by atoms with Crippen LogP contribution in [0.2, 0.25) is 0 Å². The van der Waals surface area contributed by atoms with E-state index in [1.54, 1.807) is 35.2 Å². The van der Waals surface area contributed by atoms with Gasteiger partial charge >= 0.3 is 0 Å². The Balaban J connectivity index is 0.000000152. The lowest BCUT2D eigenvalue weighted by molar-refractivity contribution is -0.119. The molecule has 0 radical (unpaired) electrons. The maximum absolute atomic E-state index is 12.1. The number of nitrogens with zero attached hydrogens (tertiary/aromatic N) is 4. The highest BCUT2D eigenvalue weighted by Crippen LogP contribution is 2.32. The van der Waals surface area contributed by atoms with Gasteiger partial charge in [0.25, 0.3) is 5.91 Å². The average molecular weight is 528 g/mol. The number of nitrogens with two attached hydrogens (primary N) is 1. The van der Waals surface area contributed by atoms with E-state index in [2.05, 4.69) is 9.98 Å². The smallest absolute Gasteiger partial charge is 0.266 e. The molecule has 2 aliphatic rings. The van der Waals surface area contributed by atoms with E-state index in [9.17, 15) is 9.59 Å². The quantitative estimate of drug-likeness (QED) is 0.419. The van der Waals surface area contributed by atoms with Crippen LogP contribution in [0.25, 0.3) is 0 Å². The Morgan fingerprint density at radius 3 is 1.86 bits per heavy atom. The lowest BCUT2D eigenvalue weighted by Crippen LogP contribution is -2.39. The maximum Gasteiger partial charge on any atom is 0.266 e. The van der Waals surface area contributed by atoms with Gasteiger partial charge in [-0.05, 0) is 22.9 Å². The molecule has 2 aromatic carbocycles. The fraction of sp³-hybridized carbons (Fsp3) is 0.143. The van der Waals surface area contributed by atoms with Gasteiger partial charge in [-0.25, -0.2) is 0 Å². The zero-order chi connectivity index (χ0) is 25.9. The molecule has 1 unspecified atom stereocenters. The fourth-order valence-corrected chi connectivity index (χ4v) is 5.92. The highest BCUT2D eigenvalue weighted by atomic mass is 32.1. The number of hydrogen-bond acceptors (Lipinski definition) is 7. The molecule has 2 aliphatic heterocycles. The van der Waals surface area contributed by atoms with Crippen molar-refractivity contribution >= 4 is 55.9 Å². The van der Waals surface area contributed by atoms with E-state index < -0.39 is 6.17 Å². The summed E-state index contributed by atoms with van der Waals surface area (Å²) in [5.74, 6) is -0.153. The molecule has 0 bridgehead atoms. The SMILES string of the molecule is CN1C(=O)C(N)N=C(c2ccccc2)c2ccsc21.CN1C(=O)CN=C(c2ccccc2)c2ccsc21. The van der Waals surface area contributed by atoms with Crippen molar-refractivity contribution in [3.63, 3.8) is 0 Å². The molecule has 9 heteroatoms. The topological polar surface area (TPSA) is 91.4 Å². The molecule has 4 aromatic rings. The van der Waals surface area contributed by atoms with E-state index in [-0.39, 0.29) is 18.4 Å². The summed E-state index contributed by atoms with van der Waals surface area (Å²) in [4.78, 5) is 36.1. The number of rotatable bonds is 2. The van der Waals surface area contributed by atoms with Crippen LogP contribution in [-0.4, -0.2) is 50.0 Å². The van der Waals surface area contributed by atoms with E-state index in [1.165, 1.54) is 11.3 Å². The number of hydrogen-bond donors (Lipinski definition) is 1. The summed E-state index contributed by atoms with van der Waals surface area (Å²) >= 11 is 3.09. The number of fused-ring (bicyclic) bond motifs is 2. The third-order valence-electron chi connectivity index (χ3n) is 6.10. The van der Waals surface area contributed by atoms with Crippen molar-refractivity contribution in [1.29, 1.82) is 0 Å². The van der Waals surface area contributed by atoms with Gasteiger partial charge in [-0.1, -0.05) is 60.7 Å². The zero-order valence-corrected chi connectivity index (χ0v) is 22.0. The van der Waals surface area contributed by atoms with Crippen LogP contribution in [0, 0.1) is 0 Å². The predicted octanol–water partition coefficient (Wildman–Crippen LogP) is 4.41. The Hall–Kier alpha value is -3.92. The van der Waals surface area contributed by atoms with Gasteiger partial charge in [0.1, 0.15) is 16.5 Å². The fourth-order valence-electron chi connectivity index (χ4n) is 4.16. The summed E-state index contributed by atoms with van der Waals surface area (Å²) in [7, 11) is 3.54. The third kappa shape index (κ3) is 4.89. The number of carbonyl (C=O) groups is 2. The Labute approximate surface area is 223 Å². The van der Waals surface area contributed by atoms with Crippen molar-refractivity contribution in [2.75, 3.05) is 30.4 Å². The Kier molecular flexibility index (Phi) is 7.09. The maximum atomic E-state index is 12.1. The third-order valence-corrected chi connectivity index (χ3v) is 8.08. The van der Waals surface area contributed by atoms with E-state index in [4.69, 9.17) is 5.73 Å². The zero-order valence-electron chi connectivity index (χ0n) is 20.4. The predicted molar refractivity (Wildman–Crippen MR) is 152 cm³/mol. The van der Waals surface area contributed by atoms with Crippen molar-refractivity contribution in [3.8, 4) is 0 Å². The summed E-state index contributed by atoms with van der Waals surface area (Å²) in [6, 6.07) is 23.8. The molecule has 0 saturated heterocycles. The summed E-state index contributed by atoms with van der Waals surface area (Å²) in [5, 5.41) is 5.82. The Bertz CT molecular complexity index is 1490. The summed E-state index contributed by atoms with van der Waals surface area (Å²) < 4.78 is 0. The van der Waals surface area contributed by atoms with E-state index in [0.29, 0.717) is 0 Å². The van der Waals surface area contributed by atoms with E-state index in [1.807, 2.05) is 83.6 Å². The number of thiophene rings is 2. The number of carbonyl (C=O) groups excluding carboxylic acids is 2. The number of likely N-dealkylation sites (N-methyl/N-ethyl adjacent to an activating group) is 2. The molecule has 186 valence electrons. The molecule has 37 heavy (non-hydrogen) atoms. The second-order valence-corrected chi connectivity index (χ2v) is 10.2. The Morgan fingerprint density at radius 2 is 1.27 bits per heavy atom. The van der Waals surface area contributed by atoms with E-state index in [0.717, 1.165) is 43.7 Å². The van der Waals surface area contributed by atoms with Gasteiger partial charge < -0.3 is 15.5 Å². The van der Waals surface area contributed by atoms with Gasteiger partial charge in [-0.15, -0.1) is 22.7 Å². The van der Waals surface area contributed by atoms with E-state index >= 15 is 0 Å². The van der Waals surface area contributed by atoms with Crippen LogP contribution in [0.15, 0.2) is 93.5 Å². The monoisotopic (exact) mass is 527 g/mol. The van der Waals surface area contributed by atoms with Gasteiger partial charge in [-0.3, -0.25) is 19.6 Å². The van der Waals surface area contributed by atoms with Crippen LogP contribution in [0.3, 0.4) is 0 Å². The molecule has 7 nitrogen and oxygen atoms in total. The van der Waals surface area contributed by atoms with Crippen LogP contribution >= 0.6 is 22.7 Å². The van der Waals surface area contributed by atoms with Crippen LogP contribution in [0.4, 0.5) is 10.0 Å². The summed E-state index contributed by atoms with van der Waals surface area (Å²) in [6.45, 7) is 0.210. The molecule has 0 spiro atoms. The number of anilines is 2. The largest absolute Gasteiger partial charge is 0.305 e. The first-order valence-electron chi connectivity index (χ1n) is 11.6. The molecule has 1 atom stereocenters. The number of amides is 2. The van der Waals surface area contributed by atoms with Crippen molar-refractivity contribution in [3.05, 3.63) is 106 Å². The van der Waals surface area contributed by atoms with Crippen LogP contribution < -0.4 is 15.5 Å². The van der Waals surface area contributed by atoms with Crippen molar-refractivity contribution in [1.82, 2.24) is 0 Å². The van der Waals surface area contributed by atoms with Crippen LogP contribution in [0.1, 0.15) is 22.3 Å². The molecule has 4 heterocycles. The number of benzene rings is 2. The van der Waals surface area contributed by atoms with Gasteiger partial charge in [0.15, 0.2) is 6.17 Å². The minimum absolute atomic E-state index is 0.0321. The van der Waals surface area contributed by atoms with Gasteiger partial charge in [0.05, 0.1) is 11.4 Å². The molecule has 2 aromatic heterocycles. The molecule has 0 saturated carbocycles. The summed E-state index contributed by atoms with van der Waals surface area (Å²) in [6.07, 6.45) is -0.847. The van der Waals surface area contributed by atoms with Gasteiger partial charge in [-0.2, -0.15) is 0 Å². The molecule has 0 fully saturated rings. The van der Waals surface area contributed by atoms with Crippen LogP contribution in [-0.2, 0) is 9.59 Å². The van der Waals surface area contributed by atoms with Gasteiger partial charge in [0.2, 0.25) is 5.91 Å². The van der Waals surface area contributed by atoms with Crippen LogP contribution in [0.5, 0.6) is 0 Å². The first-order chi connectivity index (χ1) is 18.0. The minimum Gasteiger partial charge on any atom is -0.305 e. The minimum atomic E-state index is -0.847. The standard InChI is InChI=1S/C14H13N3OS.C14H12N2OS/c1-17-13(18)12(15)16-11(9-5-3-2-4-6-9)10-7-8-19-14(10)17;1-16-12(17)9-15-13(10-5-3-2-4-6-10)11-7-8-18-14(11)16/h2-8,12H,15H2,1H3;2-8H,9H2,1H3. The lowest BCUT2D eigenvalue weighted by Gasteiger charge is -2.15. The molecular formula is C28H25N5O2S2. The second-order valence-electron chi connectivity index (χ2n) is 8.45. The second kappa shape index (κ2) is 10.6. The molecule has 2 N–H and O–H groups in total. The van der Waals surface area contributed by atoms with Crippen molar-refractivity contribution in [2.45, 2.75) is 6.17 Å². The summed E-state index contributed by atoms with van der Waals surface area (Å²) in [5.41, 5.74) is 11.6. The first-order valence-corrected chi connectivity index (χ1v) is 13.4. The first kappa shape index (κ1) is 24.8. The van der Waals surface area contributed by atoms with Crippen molar-refractivity contribution in [2.24, 2.45) is 15.7 Å². The lowest BCUT2D eigenvalue weighted by atomic mass is 10.0. The highest BCUT2D eigenvalue weighted by molar-refractivity contribution is 7.15. The molecule has 2 amide bonds. The normalized spacial score (nSPS) is 17.0. The Morgan fingerprint density at radius 1 is 0.757 bits per heavy atom. The number of aliphatic imine (C=N–C) groups is 2. The molecule has 6 rings (SSSR count). The average Bonchev–Trinajstić information content (AvgIpc) is 3.58. The van der Waals surface area contributed by atoms with Gasteiger partial charge in [0, 0.05) is 36.3 Å². The van der Waals surface area contributed by atoms with Crippen molar-refractivity contribution < 1.29 is 9.59 Å².